The standard InChI is InChI=1S/C15H30N2O3/c1-5-15(4)11-17(9-10-20-15)13(19)16-8-6-7-14(2,3)12-18/h18H,5-12H2,1-4H3,(H,16,19). The van der Waals surface area contributed by atoms with Crippen LogP contribution in [-0.2, 0) is 4.74 Å². The summed E-state index contributed by atoms with van der Waals surface area (Å²) in [7, 11) is 0. The fraction of sp³-hybridized carbons (Fsp3) is 0.933. The summed E-state index contributed by atoms with van der Waals surface area (Å²) in [6, 6.07) is -0.00483. The first-order valence-electron chi connectivity index (χ1n) is 7.59. The van der Waals surface area contributed by atoms with E-state index in [1.807, 2.05) is 18.7 Å². The van der Waals surface area contributed by atoms with Crippen molar-refractivity contribution in [2.75, 3.05) is 32.8 Å². The van der Waals surface area contributed by atoms with Crippen molar-refractivity contribution in [3.63, 3.8) is 0 Å². The van der Waals surface area contributed by atoms with Crippen LogP contribution in [0.5, 0.6) is 0 Å². The van der Waals surface area contributed by atoms with Crippen molar-refractivity contribution in [1.29, 1.82) is 0 Å². The predicted octanol–water partition coefficient (Wildman–Crippen LogP) is 2.00. The van der Waals surface area contributed by atoms with Crippen molar-refractivity contribution in [3.05, 3.63) is 0 Å². The number of urea groups is 1. The number of aliphatic hydroxyl groups is 1. The summed E-state index contributed by atoms with van der Waals surface area (Å²) in [5, 5.41) is 12.1. The first-order chi connectivity index (χ1) is 9.32. The van der Waals surface area contributed by atoms with Crippen LogP contribution in [0.25, 0.3) is 0 Å². The fourth-order valence-electron chi connectivity index (χ4n) is 2.27. The van der Waals surface area contributed by atoms with Crippen LogP contribution in [0.1, 0.15) is 47.0 Å². The molecule has 118 valence electrons. The van der Waals surface area contributed by atoms with Gasteiger partial charge in [0.1, 0.15) is 0 Å². The molecule has 1 aliphatic rings. The van der Waals surface area contributed by atoms with Gasteiger partial charge in [-0.2, -0.15) is 0 Å². The van der Waals surface area contributed by atoms with Crippen molar-refractivity contribution >= 4 is 6.03 Å². The van der Waals surface area contributed by atoms with Crippen LogP contribution in [0, 0.1) is 5.41 Å². The molecule has 0 aromatic heterocycles. The predicted molar refractivity (Wildman–Crippen MR) is 79.7 cm³/mol. The summed E-state index contributed by atoms with van der Waals surface area (Å²) in [6.07, 6.45) is 2.69. The van der Waals surface area contributed by atoms with Crippen molar-refractivity contribution in [2.24, 2.45) is 5.41 Å². The molecule has 0 saturated carbocycles. The van der Waals surface area contributed by atoms with Gasteiger partial charge >= 0.3 is 6.03 Å². The van der Waals surface area contributed by atoms with E-state index in [2.05, 4.69) is 19.2 Å². The lowest BCUT2D eigenvalue weighted by molar-refractivity contribution is -0.0872. The summed E-state index contributed by atoms with van der Waals surface area (Å²) in [4.78, 5) is 13.9. The Morgan fingerprint density at radius 3 is 2.80 bits per heavy atom. The van der Waals surface area contributed by atoms with Gasteiger partial charge in [-0.05, 0) is 31.6 Å². The van der Waals surface area contributed by atoms with Crippen LogP contribution in [0.2, 0.25) is 0 Å². The number of nitrogens with one attached hydrogen (secondary N) is 1. The number of ether oxygens (including phenoxy) is 1. The van der Waals surface area contributed by atoms with Gasteiger partial charge in [-0.3, -0.25) is 0 Å². The number of rotatable bonds is 6. The maximum Gasteiger partial charge on any atom is 0.317 e. The third kappa shape index (κ3) is 5.29. The molecule has 2 amide bonds. The topological polar surface area (TPSA) is 61.8 Å². The number of carbonyl (C=O) groups is 1. The van der Waals surface area contributed by atoms with E-state index in [4.69, 9.17) is 4.74 Å². The Balaban J connectivity index is 2.29. The maximum atomic E-state index is 12.1. The lowest BCUT2D eigenvalue weighted by atomic mass is 9.89. The average Bonchev–Trinajstić information content (AvgIpc) is 2.43. The van der Waals surface area contributed by atoms with E-state index in [1.165, 1.54) is 0 Å². The van der Waals surface area contributed by atoms with Gasteiger partial charge in [0.05, 0.1) is 18.8 Å². The zero-order valence-electron chi connectivity index (χ0n) is 13.4. The SMILES string of the molecule is CCC1(C)CN(C(=O)NCCCC(C)(C)CO)CCO1. The molecule has 1 atom stereocenters. The minimum atomic E-state index is -0.214. The summed E-state index contributed by atoms with van der Waals surface area (Å²) < 4.78 is 5.73. The first kappa shape index (κ1) is 17.2. The Kier molecular flexibility index (Phi) is 6.27. The normalized spacial score (nSPS) is 23.8. The van der Waals surface area contributed by atoms with E-state index in [-0.39, 0.29) is 23.7 Å². The monoisotopic (exact) mass is 286 g/mol. The maximum absolute atomic E-state index is 12.1. The van der Waals surface area contributed by atoms with Gasteiger partial charge < -0.3 is 20.1 Å². The Morgan fingerprint density at radius 2 is 2.20 bits per heavy atom. The molecular formula is C15H30N2O3. The van der Waals surface area contributed by atoms with Crippen LogP contribution in [0.15, 0.2) is 0 Å². The molecule has 1 rings (SSSR count). The van der Waals surface area contributed by atoms with E-state index >= 15 is 0 Å². The second-order valence-corrected chi connectivity index (χ2v) is 6.73. The van der Waals surface area contributed by atoms with Crippen molar-refractivity contribution in [2.45, 2.75) is 52.6 Å². The van der Waals surface area contributed by atoms with Crippen LogP contribution in [0.3, 0.4) is 0 Å². The summed E-state index contributed by atoms with van der Waals surface area (Å²) in [5.74, 6) is 0. The highest BCUT2D eigenvalue weighted by molar-refractivity contribution is 5.74. The Hall–Kier alpha value is -0.810. The molecule has 0 bridgehead atoms. The van der Waals surface area contributed by atoms with Gasteiger partial charge in [0.25, 0.3) is 0 Å². The van der Waals surface area contributed by atoms with Gasteiger partial charge in [0, 0.05) is 19.7 Å². The summed E-state index contributed by atoms with van der Waals surface area (Å²) in [6.45, 7) is 10.9. The quantitative estimate of drug-likeness (QED) is 0.734. The fourth-order valence-corrected chi connectivity index (χ4v) is 2.27. The number of carbonyl (C=O) groups excluding carboxylic acids is 1. The number of hydrogen-bond acceptors (Lipinski definition) is 3. The smallest absolute Gasteiger partial charge is 0.317 e. The molecule has 1 saturated heterocycles. The molecular weight excluding hydrogens is 256 g/mol. The summed E-state index contributed by atoms with van der Waals surface area (Å²) >= 11 is 0. The van der Waals surface area contributed by atoms with E-state index in [1.54, 1.807) is 0 Å². The molecule has 1 aliphatic heterocycles. The zero-order chi connectivity index (χ0) is 15.2. The average molecular weight is 286 g/mol. The van der Waals surface area contributed by atoms with E-state index < -0.39 is 0 Å². The Bertz CT molecular complexity index is 320. The third-order valence-corrected chi connectivity index (χ3v) is 4.11. The highest BCUT2D eigenvalue weighted by atomic mass is 16.5. The van der Waals surface area contributed by atoms with Crippen molar-refractivity contribution < 1.29 is 14.6 Å². The second kappa shape index (κ2) is 7.27. The molecule has 2 N–H and O–H groups in total. The number of amides is 2. The lowest BCUT2D eigenvalue weighted by Crippen LogP contribution is -2.54. The van der Waals surface area contributed by atoms with Gasteiger partial charge in [0.2, 0.25) is 0 Å². The van der Waals surface area contributed by atoms with Crippen LogP contribution in [0.4, 0.5) is 4.79 Å². The van der Waals surface area contributed by atoms with Crippen molar-refractivity contribution in [3.8, 4) is 0 Å². The molecule has 5 nitrogen and oxygen atoms in total. The molecule has 0 spiro atoms. The number of morpholine rings is 1. The molecule has 0 aliphatic carbocycles. The molecule has 5 heteroatoms. The minimum Gasteiger partial charge on any atom is -0.396 e. The minimum absolute atomic E-state index is 0.00483. The molecule has 1 unspecified atom stereocenters. The van der Waals surface area contributed by atoms with E-state index in [0.29, 0.717) is 26.2 Å². The number of aliphatic hydroxyl groups excluding tert-OH is 1. The van der Waals surface area contributed by atoms with Gasteiger partial charge in [0.15, 0.2) is 0 Å². The highest BCUT2D eigenvalue weighted by Crippen LogP contribution is 2.22. The van der Waals surface area contributed by atoms with Crippen molar-refractivity contribution in [1.82, 2.24) is 10.2 Å². The number of nitrogens with zero attached hydrogens (tertiary/aromatic N) is 1. The van der Waals surface area contributed by atoms with Gasteiger partial charge in [-0.15, -0.1) is 0 Å². The summed E-state index contributed by atoms with van der Waals surface area (Å²) in [5.41, 5.74) is -0.279. The van der Waals surface area contributed by atoms with Crippen LogP contribution in [-0.4, -0.2) is 54.5 Å². The largest absolute Gasteiger partial charge is 0.396 e. The third-order valence-electron chi connectivity index (χ3n) is 4.11. The lowest BCUT2D eigenvalue weighted by Gasteiger charge is -2.40. The highest BCUT2D eigenvalue weighted by Gasteiger charge is 2.32. The first-order valence-corrected chi connectivity index (χ1v) is 7.59. The molecule has 0 aromatic carbocycles. The molecule has 1 fully saturated rings. The van der Waals surface area contributed by atoms with Gasteiger partial charge in [-0.25, -0.2) is 4.79 Å². The van der Waals surface area contributed by atoms with E-state index in [9.17, 15) is 9.90 Å². The van der Waals surface area contributed by atoms with E-state index in [0.717, 1.165) is 19.3 Å². The Labute approximate surface area is 122 Å². The molecule has 0 aromatic rings. The van der Waals surface area contributed by atoms with Gasteiger partial charge in [-0.1, -0.05) is 20.8 Å². The molecule has 1 heterocycles. The molecule has 0 radical (unpaired) electrons. The Morgan fingerprint density at radius 1 is 1.50 bits per heavy atom. The second-order valence-electron chi connectivity index (χ2n) is 6.73. The van der Waals surface area contributed by atoms with Crippen LogP contribution >= 0.6 is 0 Å². The molecule has 20 heavy (non-hydrogen) atoms. The van der Waals surface area contributed by atoms with Crippen LogP contribution < -0.4 is 5.32 Å². The number of hydrogen-bond donors (Lipinski definition) is 2. The zero-order valence-corrected chi connectivity index (χ0v) is 13.4.